The molecule has 1 aromatic carbocycles. The number of carboxylic acid groups (broad SMARTS) is 1. The first-order chi connectivity index (χ1) is 7.64. The standard InChI is InChI=1S/C13H16O4/c1-7-5-9(13(2,3)4)10(14)6-8(7)11(15)12(16)17/h5-6,14H,1-4H3,(H,16,17). The van der Waals surface area contributed by atoms with E-state index in [0.29, 0.717) is 11.1 Å². The highest BCUT2D eigenvalue weighted by molar-refractivity contribution is 6.40. The highest BCUT2D eigenvalue weighted by atomic mass is 16.4. The number of benzene rings is 1. The van der Waals surface area contributed by atoms with Gasteiger partial charge in [-0.2, -0.15) is 0 Å². The lowest BCUT2D eigenvalue weighted by Gasteiger charge is -2.21. The molecule has 4 heteroatoms. The molecule has 0 fully saturated rings. The molecule has 0 aliphatic carbocycles. The van der Waals surface area contributed by atoms with Gasteiger partial charge in [0.15, 0.2) is 0 Å². The van der Waals surface area contributed by atoms with Gasteiger partial charge in [0.25, 0.3) is 5.78 Å². The molecule has 4 nitrogen and oxygen atoms in total. The SMILES string of the molecule is Cc1cc(C(C)(C)C)c(O)cc1C(=O)C(=O)O. The fourth-order valence-corrected chi connectivity index (χ4v) is 1.66. The van der Waals surface area contributed by atoms with E-state index in [4.69, 9.17) is 5.11 Å². The number of phenolic OH excluding ortho intramolecular Hbond substituents is 1. The van der Waals surface area contributed by atoms with Crippen molar-refractivity contribution in [1.82, 2.24) is 0 Å². The minimum atomic E-state index is -1.52. The molecule has 17 heavy (non-hydrogen) atoms. The first-order valence-corrected chi connectivity index (χ1v) is 5.26. The number of aromatic hydroxyl groups is 1. The van der Waals surface area contributed by atoms with Crippen LogP contribution in [-0.4, -0.2) is 22.0 Å². The van der Waals surface area contributed by atoms with Crippen LogP contribution in [0.25, 0.3) is 0 Å². The van der Waals surface area contributed by atoms with Crippen LogP contribution >= 0.6 is 0 Å². The molecule has 1 rings (SSSR count). The Balaban J connectivity index is 3.38. The Morgan fingerprint density at radius 2 is 1.71 bits per heavy atom. The Morgan fingerprint density at radius 1 is 1.18 bits per heavy atom. The lowest BCUT2D eigenvalue weighted by atomic mass is 9.84. The van der Waals surface area contributed by atoms with Crippen LogP contribution in [0, 0.1) is 6.92 Å². The maximum atomic E-state index is 11.4. The van der Waals surface area contributed by atoms with Gasteiger partial charge in [-0.1, -0.05) is 26.8 Å². The molecule has 0 atom stereocenters. The van der Waals surface area contributed by atoms with E-state index in [1.54, 1.807) is 13.0 Å². The Labute approximate surface area is 99.9 Å². The zero-order chi connectivity index (χ0) is 13.4. The molecule has 0 saturated heterocycles. The lowest BCUT2D eigenvalue weighted by molar-refractivity contribution is -0.131. The second-order valence-electron chi connectivity index (χ2n) is 5.07. The molecule has 0 unspecified atom stereocenters. The van der Waals surface area contributed by atoms with Crippen molar-refractivity contribution >= 4 is 11.8 Å². The summed E-state index contributed by atoms with van der Waals surface area (Å²) < 4.78 is 0. The monoisotopic (exact) mass is 236 g/mol. The van der Waals surface area contributed by atoms with Gasteiger partial charge in [-0.05, 0) is 29.5 Å². The van der Waals surface area contributed by atoms with E-state index >= 15 is 0 Å². The second-order valence-corrected chi connectivity index (χ2v) is 5.07. The summed E-state index contributed by atoms with van der Waals surface area (Å²) in [6.07, 6.45) is 0. The minimum Gasteiger partial charge on any atom is -0.508 e. The van der Waals surface area contributed by atoms with Gasteiger partial charge < -0.3 is 10.2 Å². The summed E-state index contributed by atoms with van der Waals surface area (Å²) in [6.45, 7) is 7.45. The van der Waals surface area contributed by atoms with Gasteiger partial charge in [0, 0.05) is 5.56 Å². The van der Waals surface area contributed by atoms with Crippen molar-refractivity contribution in [3.05, 3.63) is 28.8 Å². The minimum absolute atomic E-state index is 0.0306. The largest absolute Gasteiger partial charge is 0.508 e. The number of hydrogen-bond acceptors (Lipinski definition) is 3. The third-order valence-corrected chi connectivity index (χ3v) is 2.59. The Hall–Kier alpha value is -1.84. The number of carbonyl (C=O) groups is 2. The van der Waals surface area contributed by atoms with Crippen molar-refractivity contribution in [3.63, 3.8) is 0 Å². The maximum Gasteiger partial charge on any atom is 0.377 e. The van der Waals surface area contributed by atoms with Crippen molar-refractivity contribution < 1.29 is 19.8 Å². The van der Waals surface area contributed by atoms with E-state index in [1.165, 1.54) is 6.07 Å². The van der Waals surface area contributed by atoms with E-state index in [0.717, 1.165) is 0 Å². The fourth-order valence-electron chi connectivity index (χ4n) is 1.66. The smallest absolute Gasteiger partial charge is 0.377 e. The Bertz CT molecular complexity index is 481. The number of aliphatic carboxylic acids is 1. The van der Waals surface area contributed by atoms with Crippen LogP contribution in [0.5, 0.6) is 5.75 Å². The summed E-state index contributed by atoms with van der Waals surface area (Å²) in [5.74, 6) is -2.57. The van der Waals surface area contributed by atoms with Crippen LogP contribution in [0.3, 0.4) is 0 Å². The predicted octanol–water partition coefficient (Wildman–Crippen LogP) is 2.27. The van der Waals surface area contributed by atoms with Crippen LogP contribution < -0.4 is 0 Å². The summed E-state index contributed by atoms with van der Waals surface area (Å²) in [6, 6.07) is 2.89. The molecule has 0 heterocycles. The zero-order valence-electron chi connectivity index (χ0n) is 10.4. The van der Waals surface area contributed by atoms with Gasteiger partial charge in [0.1, 0.15) is 5.75 Å². The number of carboxylic acids is 1. The molecular formula is C13H16O4. The fraction of sp³-hybridized carbons (Fsp3) is 0.385. The van der Waals surface area contributed by atoms with Crippen LogP contribution in [0.1, 0.15) is 42.3 Å². The van der Waals surface area contributed by atoms with Gasteiger partial charge in [0.05, 0.1) is 0 Å². The van der Waals surface area contributed by atoms with Crippen LogP contribution in [-0.2, 0) is 10.2 Å². The molecule has 0 amide bonds. The first-order valence-electron chi connectivity index (χ1n) is 5.26. The number of hydrogen-bond donors (Lipinski definition) is 2. The van der Waals surface area contributed by atoms with Crippen LogP contribution in [0.4, 0.5) is 0 Å². The predicted molar refractivity (Wildman–Crippen MR) is 63.5 cm³/mol. The summed E-state index contributed by atoms with van der Waals surface area (Å²) in [5, 5.41) is 18.5. The highest BCUT2D eigenvalue weighted by Gasteiger charge is 2.23. The molecule has 2 N–H and O–H groups in total. The Morgan fingerprint density at radius 3 is 2.12 bits per heavy atom. The summed E-state index contributed by atoms with van der Waals surface area (Å²) >= 11 is 0. The van der Waals surface area contributed by atoms with Crippen molar-refractivity contribution in [2.75, 3.05) is 0 Å². The van der Waals surface area contributed by atoms with Crippen molar-refractivity contribution in [1.29, 1.82) is 0 Å². The van der Waals surface area contributed by atoms with Gasteiger partial charge in [-0.3, -0.25) is 4.79 Å². The molecule has 1 aromatic rings. The molecule has 0 radical (unpaired) electrons. The van der Waals surface area contributed by atoms with E-state index in [2.05, 4.69) is 0 Å². The quantitative estimate of drug-likeness (QED) is 0.610. The molecular weight excluding hydrogens is 220 g/mol. The first kappa shape index (κ1) is 13.2. The van der Waals surface area contributed by atoms with E-state index in [1.807, 2.05) is 20.8 Å². The molecule has 0 saturated carbocycles. The van der Waals surface area contributed by atoms with E-state index in [-0.39, 0.29) is 16.7 Å². The van der Waals surface area contributed by atoms with E-state index in [9.17, 15) is 14.7 Å². The van der Waals surface area contributed by atoms with Crippen molar-refractivity contribution in [3.8, 4) is 5.75 Å². The third kappa shape index (κ3) is 2.64. The zero-order valence-corrected chi connectivity index (χ0v) is 10.4. The van der Waals surface area contributed by atoms with Gasteiger partial charge in [0.2, 0.25) is 0 Å². The second kappa shape index (κ2) is 4.20. The van der Waals surface area contributed by atoms with Crippen LogP contribution in [0.15, 0.2) is 12.1 Å². The van der Waals surface area contributed by atoms with Gasteiger partial charge >= 0.3 is 5.97 Å². The Kier molecular flexibility index (Phi) is 3.27. The normalized spacial score (nSPS) is 11.3. The molecule has 0 aliphatic heterocycles. The third-order valence-electron chi connectivity index (χ3n) is 2.59. The summed E-state index contributed by atoms with van der Waals surface area (Å²) in [5.41, 5.74) is 1.01. The van der Waals surface area contributed by atoms with Crippen LogP contribution in [0.2, 0.25) is 0 Å². The molecule has 0 aliphatic rings. The number of aryl methyl sites for hydroxylation is 1. The lowest BCUT2D eigenvalue weighted by Crippen LogP contribution is -2.16. The van der Waals surface area contributed by atoms with Crippen molar-refractivity contribution in [2.24, 2.45) is 0 Å². The molecule has 0 aromatic heterocycles. The molecule has 0 spiro atoms. The number of ketones is 1. The van der Waals surface area contributed by atoms with Gasteiger partial charge in [-0.25, -0.2) is 4.79 Å². The highest BCUT2D eigenvalue weighted by Crippen LogP contribution is 2.32. The number of rotatable bonds is 2. The summed E-state index contributed by atoms with van der Waals surface area (Å²) in [7, 11) is 0. The number of carbonyl (C=O) groups excluding carboxylic acids is 1. The number of phenols is 1. The average molecular weight is 236 g/mol. The van der Waals surface area contributed by atoms with Crippen molar-refractivity contribution in [2.45, 2.75) is 33.1 Å². The average Bonchev–Trinajstić information content (AvgIpc) is 2.18. The molecule has 0 bridgehead atoms. The summed E-state index contributed by atoms with van der Waals surface area (Å²) in [4.78, 5) is 22.0. The maximum absolute atomic E-state index is 11.4. The van der Waals surface area contributed by atoms with E-state index < -0.39 is 11.8 Å². The topological polar surface area (TPSA) is 74.6 Å². The number of Topliss-reactive ketones (excluding diaryl/α,β-unsaturated/α-hetero) is 1. The van der Waals surface area contributed by atoms with Gasteiger partial charge in [-0.15, -0.1) is 0 Å². The molecule has 92 valence electrons.